The van der Waals surface area contributed by atoms with Crippen molar-refractivity contribution in [2.24, 2.45) is 17.1 Å². The summed E-state index contributed by atoms with van der Waals surface area (Å²) in [5.74, 6) is 0.699. The first-order valence-corrected chi connectivity index (χ1v) is 7.64. The summed E-state index contributed by atoms with van der Waals surface area (Å²) in [4.78, 5) is 4.43. The summed E-state index contributed by atoms with van der Waals surface area (Å²) in [5.41, 5.74) is 14.6. The van der Waals surface area contributed by atoms with Crippen LogP contribution in [0.15, 0.2) is 46.8 Å². The van der Waals surface area contributed by atoms with Crippen molar-refractivity contribution in [1.82, 2.24) is 5.01 Å². The number of halogens is 1. The number of pyridine rings is 1. The van der Waals surface area contributed by atoms with E-state index in [-0.39, 0.29) is 18.2 Å². The molecule has 2 heterocycles. The third-order valence-corrected chi connectivity index (χ3v) is 3.77. The highest BCUT2D eigenvalue weighted by molar-refractivity contribution is 6.63. The molecule has 0 amide bonds. The number of hydrogen-bond donors (Lipinski definition) is 3. The van der Waals surface area contributed by atoms with E-state index in [2.05, 4.69) is 10.1 Å². The standard InChI is InChI=1S/C17H20N7O.ClH/c1-23-5-3-4-11(9-23)10-24-17(20)15(8-21-24)22-14-7-16(25-2)13(19)6-12(14)18;/h3-9,20H,10,18-19H2,1-2H3;1H/q+1;/p-1. The largest absolute Gasteiger partial charge is 1.00 e. The van der Waals surface area contributed by atoms with Crippen molar-refractivity contribution >= 4 is 34.8 Å². The molecule has 0 spiro atoms. The lowest BCUT2D eigenvalue weighted by molar-refractivity contribution is -0.672. The lowest BCUT2D eigenvalue weighted by Gasteiger charge is -2.13. The molecule has 9 heteroatoms. The van der Waals surface area contributed by atoms with Crippen LogP contribution in [0, 0.1) is 5.41 Å². The first-order valence-electron chi connectivity index (χ1n) is 7.64. The monoisotopic (exact) mass is 373 g/mol. The molecule has 8 nitrogen and oxygen atoms in total. The molecule has 0 atom stereocenters. The van der Waals surface area contributed by atoms with E-state index in [1.54, 1.807) is 23.4 Å². The third-order valence-electron chi connectivity index (χ3n) is 3.77. The molecule has 0 bridgehead atoms. The predicted molar refractivity (Wildman–Crippen MR) is 98.3 cm³/mol. The summed E-state index contributed by atoms with van der Waals surface area (Å²) in [7, 11) is 3.48. The average molecular weight is 374 g/mol. The van der Waals surface area contributed by atoms with E-state index in [4.69, 9.17) is 21.6 Å². The molecular weight excluding hydrogens is 354 g/mol. The van der Waals surface area contributed by atoms with Gasteiger partial charge in [0.05, 0.1) is 36.9 Å². The van der Waals surface area contributed by atoms with Crippen LogP contribution in [-0.4, -0.2) is 29.9 Å². The topological polar surface area (TPSA) is 117 Å². The number of aryl methyl sites for hydroxylation is 1. The van der Waals surface area contributed by atoms with Crippen molar-refractivity contribution in [3.8, 4) is 5.75 Å². The fourth-order valence-electron chi connectivity index (χ4n) is 2.50. The van der Waals surface area contributed by atoms with Gasteiger partial charge in [-0.15, -0.1) is 0 Å². The fraction of sp³-hybridized carbons (Fsp3) is 0.176. The van der Waals surface area contributed by atoms with Crippen LogP contribution in [0.1, 0.15) is 5.56 Å². The van der Waals surface area contributed by atoms with Gasteiger partial charge >= 0.3 is 0 Å². The lowest BCUT2D eigenvalue weighted by atomic mass is 10.2. The Labute approximate surface area is 157 Å². The maximum Gasteiger partial charge on any atom is 0.173 e. The fourth-order valence-corrected chi connectivity index (χ4v) is 2.50. The summed E-state index contributed by atoms with van der Waals surface area (Å²) in [6, 6.07) is 7.18. The number of aromatic nitrogens is 1. The Bertz CT molecular complexity index is 895. The Morgan fingerprint density at radius 1 is 1.31 bits per heavy atom. The molecule has 0 aliphatic carbocycles. The van der Waals surface area contributed by atoms with Crippen LogP contribution >= 0.6 is 0 Å². The quantitative estimate of drug-likeness (QED) is 0.434. The Balaban J connectivity index is 0.00000243. The summed E-state index contributed by atoms with van der Waals surface area (Å²) >= 11 is 0. The second-order valence-corrected chi connectivity index (χ2v) is 5.68. The molecule has 1 aliphatic rings. The summed E-state index contributed by atoms with van der Waals surface area (Å²) in [6.07, 6.45) is 5.49. The molecule has 0 saturated carbocycles. The first-order chi connectivity index (χ1) is 12.0. The number of hydrazone groups is 1. The van der Waals surface area contributed by atoms with Gasteiger partial charge in [0, 0.05) is 17.7 Å². The van der Waals surface area contributed by atoms with E-state index < -0.39 is 0 Å². The minimum absolute atomic E-state index is 0. The SMILES string of the molecule is COc1cc(N=C2C=NN(Cc3ccc[n+](C)c3)C2=N)c(N)cc1N.[Cl-]. The van der Waals surface area contributed by atoms with Crippen LogP contribution in [-0.2, 0) is 13.6 Å². The van der Waals surface area contributed by atoms with E-state index in [1.165, 1.54) is 7.11 Å². The number of nitrogens with zero attached hydrogens (tertiary/aromatic N) is 4. The van der Waals surface area contributed by atoms with Gasteiger partial charge in [-0.2, -0.15) is 5.10 Å². The zero-order valence-electron chi connectivity index (χ0n) is 14.5. The van der Waals surface area contributed by atoms with Gasteiger partial charge in [-0.3, -0.25) is 5.41 Å². The number of benzene rings is 1. The van der Waals surface area contributed by atoms with Crippen LogP contribution in [0.25, 0.3) is 0 Å². The molecule has 1 aliphatic heterocycles. The van der Waals surface area contributed by atoms with Gasteiger partial charge in [-0.25, -0.2) is 14.6 Å². The maximum atomic E-state index is 8.29. The number of ether oxygens (including phenoxy) is 1. The highest BCUT2D eigenvalue weighted by Crippen LogP contribution is 2.33. The number of anilines is 2. The Kier molecular flexibility index (Phi) is 5.78. The third kappa shape index (κ3) is 3.92. The van der Waals surface area contributed by atoms with Crippen molar-refractivity contribution < 1.29 is 21.7 Å². The van der Waals surface area contributed by atoms with Crippen LogP contribution in [0.4, 0.5) is 17.1 Å². The summed E-state index contributed by atoms with van der Waals surface area (Å²) in [6.45, 7) is 0.490. The molecule has 0 saturated heterocycles. The number of amidine groups is 1. The van der Waals surface area contributed by atoms with Gasteiger partial charge in [-0.05, 0) is 12.1 Å². The molecule has 0 unspecified atom stereocenters. The molecule has 136 valence electrons. The van der Waals surface area contributed by atoms with Crippen molar-refractivity contribution in [2.45, 2.75) is 6.54 Å². The van der Waals surface area contributed by atoms with Crippen molar-refractivity contribution in [2.75, 3.05) is 18.6 Å². The smallest absolute Gasteiger partial charge is 0.173 e. The molecular formula is C17H20ClN7O. The van der Waals surface area contributed by atoms with Crippen molar-refractivity contribution in [3.63, 3.8) is 0 Å². The Morgan fingerprint density at radius 3 is 2.77 bits per heavy atom. The predicted octanol–water partition coefficient (Wildman–Crippen LogP) is -1.76. The first kappa shape index (κ1) is 19.2. The minimum Gasteiger partial charge on any atom is -1.00 e. The maximum absolute atomic E-state index is 8.29. The number of aliphatic imine (C=N–C) groups is 1. The summed E-state index contributed by atoms with van der Waals surface area (Å²) < 4.78 is 7.15. The average Bonchev–Trinajstić information content (AvgIpc) is 2.90. The van der Waals surface area contributed by atoms with Crippen LogP contribution in [0.2, 0.25) is 0 Å². The van der Waals surface area contributed by atoms with E-state index in [0.717, 1.165) is 5.56 Å². The molecule has 3 rings (SSSR count). The molecule has 2 aromatic rings. The van der Waals surface area contributed by atoms with Gasteiger partial charge < -0.3 is 28.6 Å². The van der Waals surface area contributed by atoms with Crippen LogP contribution in [0.5, 0.6) is 5.75 Å². The van der Waals surface area contributed by atoms with Crippen LogP contribution in [0.3, 0.4) is 0 Å². The van der Waals surface area contributed by atoms with E-state index >= 15 is 0 Å². The van der Waals surface area contributed by atoms with Gasteiger partial charge in [0.25, 0.3) is 0 Å². The summed E-state index contributed by atoms with van der Waals surface area (Å²) in [5, 5.41) is 14.1. The van der Waals surface area contributed by atoms with Gasteiger partial charge in [0.2, 0.25) is 0 Å². The van der Waals surface area contributed by atoms with Gasteiger partial charge in [0.1, 0.15) is 18.5 Å². The van der Waals surface area contributed by atoms with Gasteiger partial charge in [0.15, 0.2) is 18.2 Å². The normalized spacial score (nSPS) is 14.6. The molecule has 1 aromatic heterocycles. The second kappa shape index (κ2) is 7.83. The highest BCUT2D eigenvalue weighted by Gasteiger charge is 2.21. The zero-order chi connectivity index (χ0) is 18.0. The number of nitrogen functional groups attached to an aromatic ring is 2. The molecule has 0 fully saturated rings. The van der Waals surface area contributed by atoms with Crippen molar-refractivity contribution in [3.05, 3.63) is 42.2 Å². The molecule has 5 N–H and O–H groups in total. The Morgan fingerprint density at radius 2 is 2.08 bits per heavy atom. The zero-order valence-corrected chi connectivity index (χ0v) is 15.2. The van der Waals surface area contributed by atoms with Crippen molar-refractivity contribution in [1.29, 1.82) is 5.41 Å². The number of hydrogen-bond acceptors (Lipinski definition) is 6. The molecule has 0 radical (unpaired) electrons. The van der Waals surface area contributed by atoms with Crippen LogP contribution < -0.4 is 33.2 Å². The lowest BCUT2D eigenvalue weighted by Crippen LogP contribution is -3.00. The van der Waals surface area contributed by atoms with E-state index in [0.29, 0.717) is 35.1 Å². The number of rotatable bonds is 4. The Hall–Kier alpha value is -3.13. The van der Waals surface area contributed by atoms with E-state index in [1.807, 2.05) is 36.1 Å². The minimum atomic E-state index is 0. The highest BCUT2D eigenvalue weighted by atomic mass is 35.5. The number of methoxy groups -OCH3 is 1. The second-order valence-electron chi connectivity index (χ2n) is 5.68. The number of nitrogens with two attached hydrogens (primary N) is 2. The van der Waals surface area contributed by atoms with E-state index in [9.17, 15) is 0 Å². The molecule has 1 aromatic carbocycles. The van der Waals surface area contributed by atoms with Gasteiger partial charge in [-0.1, -0.05) is 0 Å². The number of nitrogens with one attached hydrogen (secondary N) is 1. The molecule has 26 heavy (non-hydrogen) atoms.